The SMILES string of the molecule is CC1(C)CC(=O)c2cc(C(=O)N(CCO)Cc3ccccc3)c(=O)n(-c3ccccc3)c2C1. The molecule has 0 radical (unpaired) electrons. The standard InChI is InChI=1S/C27H28N2O4/c1-27(2)16-23-21(24(31)17-27)15-22(26(33)29(23)20-11-7-4-8-12-20)25(32)28(13-14-30)18-19-9-5-3-6-10-19/h3-12,15,30H,13-14,16-18H2,1-2H3. The van der Waals surface area contributed by atoms with E-state index in [1.807, 2.05) is 62.4 Å². The van der Waals surface area contributed by atoms with Crippen LogP contribution in [-0.4, -0.2) is 39.4 Å². The van der Waals surface area contributed by atoms with Gasteiger partial charge in [0, 0.05) is 36.5 Å². The number of hydrogen-bond donors (Lipinski definition) is 1. The molecule has 3 aromatic rings. The molecule has 0 fully saturated rings. The van der Waals surface area contributed by atoms with Crippen molar-refractivity contribution in [2.24, 2.45) is 5.41 Å². The number of Topliss-reactive ketones (excluding diaryl/α,β-unsaturated/α-hetero) is 1. The van der Waals surface area contributed by atoms with Crippen molar-refractivity contribution >= 4 is 11.7 Å². The Balaban J connectivity index is 1.87. The minimum absolute atomic E-state index is 0.0601. The Labute approximate surface area is 193 Å². The number of amides is 1. The second-order valence-corrected chi connectivity index (χ2v) is 9.27. The summed E-state index contributed by atoms with van der Waals surface area (Å²) in [6.45, 7) is 4.12. The van der Waals surface area contributed by atoms with Gasteiger partial charge in [0.05, 0.1) is 6.61 Å². The van der Waals surface area contributed by atoms with Gasteiger partial charge in [0.2, 0.25) is 0 Å². The molecule has 1 N–H and O–H groups in total. The van der Waals surface area contributed by atoms with Crippen LogP contribution in [0.4, 0.5) is 0 Å². The molecule has 0 saturated heterocycles. The van der Waals surface area contributed by atoms with Crippen molar-refractivity contribution in [2.75, 3.05) is 13.2 Å². The predicted octanol–water partition coefficient (Wildman–Crippen LogP) is 3.63. The summed E-state index contributed by atoms with van der Waals surface area (Å²) in [6.07, 6.45) is 0.905. The molecule has 6 heteroatoms. The van der Waals surface area contributed by atoms with Gasteiger partial charge in [0.25, 0.3) is 11.5 Å². The van der Waals surface area contributed by atoms with Crippen molar-refractivity contribution in [3.05, 3.63) is 99.5 Å². The Morgan fingerprint density at radius 1 is 1.00 bits per heavy atom. The van der Waals surface area contributed by atoms with Gasteiger partial charge < -0.3 is 10.0 Å². The lowest BCUT2D eigenvalue weighted by Crippen LogP contribution is -2.41. The third kappa shape index (κ3) is 4.66. The molecule has 6 nitrogen and oxygen atoms in total. The van der Waals surface area contributed by atoms with Crippen molar-refractivity contribution in [2.45, 2.75) is 33.2 Å². The summed E-state index contributed by atoms with van der Waals surface area (Å²) in [7, 11) is 0. The van der Waals surface area contributed by atoms with Crippen LogP contribution in [0.25, 0.3) is 5.69 Å². The highest BCUT2D eigenvalue weighted by Crippen LogP contribution is 2.35. The largest absolute Gasteiger partial charge is 0.395 e. The fraction of sp³-hybridized carbons (Fsp3) is 0.296. The van der Waals surface area contributed by atoms with Crippen molar-refractivity contribution in [3.63, 3.8) is 0 Å². The summed E-state index contributed by atoms with van der Waals surface area (Å²) in [5.41, 5.74) is 1.77. The molecule has 1 heterocycles. The summed E-state index contributed by atoms with van der Waals surface area (Å²) in [5, 5.41) is 9.57. The van der Waals surface area contributed by atoms with Crippen LogP contribution in [0, 0.1) is 5.41 Å². The van der Waals surface area contributed by atoms with Gasteiger partial charge in [-0.1, -0.05) is 62.4 Å². The molecule has 0 atom stereocenters. The normalized spacial score (nSPS) is 14.6. The zero-order valence-electron chi connectivity index (χ0n) is 19.0. The van der Waals surface area contributed by atoms with Gasteiger partial charge in [-0.15, -0.1) is 0 Å². The first-order chi connectivity index (χ1) is 15.8. The maximum absolute atomic E-state index is 13.7. The van der Waals surface area contributed by atoms with Crippen LogP contribution < -0.4 is 5.56 Å². The maximum Gasteiger partial charge on any atom is 0.268 e. The Hall–Kier alpha value is -3.51. The minimum Gasteiger partial charge on any atom is -0.395 e. The molecule has 1 aromatic heterocycles. The first kappa shape index (κ1) is 22.7. The summed E-state index contributed by atoms with van der Waals surface area (Å²) >= 11 is 0. The monoisotopic (exact) mass is 444 g/mol. The van der Waals surface area contributed by atoms with E-state index >= 15 is 0 Å². The number of hydrogen-bond acceptors (Lipinski definition) is 4. The molecule has 0 bridgehead atoms. The van der Waals surface area contributed by atoms with E-state index in [0.29, 0.717) is 29.8 Å². The van der Waals surface area contributed by atoms with Gasteiger partial charge in [-0.05, 0) is 35.6 Å². The molecular formula is C27H28N2O4. The van der Waals surface area contributed by atoms with Gasteiger partial charge in [0.1, 0.15) is 5.56 Å². The van der Waals surface area contributed by atoms with Crippen molar-refractivity contribution in [1.82, 2.24) is 9.47 Å². The highest BCUT2D eigenvalue weighted by Gasteiger charge is 2.35. The van der Waals surface area contributed by atoms with E-state index in [-0.39, 0.29) is 36.5 Å². The molecule has 1 amide bonds. The number of aromatic nitrogens is 1. The first-order valence-electron chi connectivity index (χ1n) is 11.1. The predicted molar refractivity (Wildman–Crippen MR) is 127 cm³/mol. The Morgan fingerprint density at radius 2 is 1.64 bits per heavy atom. The summed E-state index contributed by atoms with van der Waals surface area (Å²) in [6, 6.07) is 20.0. The maximum atomic E-state index is 13.7. The van der Waals surface area contributed by atoms with E-state index in [0.717, 1.165) is 5.56 Å². The summed E-state index contributed by atoms with van der Waals surface area (Å²) < 4.78 is 1.51. The van der Waals surface area contributed by atoms with Gasteiger partial charge in [0.15, 0.2) is 5.78 Å². The van der Waals surface area contributed by atoms with Gasteiger partial charge in [-0.25, -0.2) is 0 Å². The van der Waals surface area contributed by atoms with Crippen molar-refractivity contribution in [3.8, 4) is 5.69 Å². The zero-order chi connectivity index (χ0) is 23.6. The summed E-state index contributed by atoms with van der Waals surface area (Å²) in [4.78, 5) is 41.8. The first-order valence-corrected chi connectivity index (χ1v) is 11.1. The number of ketones is 1. The molecule has 1 aliphatic rings. The van der Waals surface area contributed by atoms with E-state index in [1.165, 1.54) is 15.5 Å². The van der Waals surface area contributed by atoms with Crippen LogP contribution in [0.15, 0.2) is 71.5 Å². The Kier molecular flexibility index (Phi) is 6.29. The van der Waals surface area contributed by atoms with Crippen LogP contribution in [0.1, 0.15) is 52.2 Å². The molecule has 0 aliphatic heterocycles. The number of fused-ring (bicyclic) bond motifs is 1. The van der Waals surface area contributed by atoms with E-state index in [4.69, 9.17) is 0 Å². The van der Waals surface area contributed by atoms with Gasteiger partial charge >= 0.3 is 0 Å². The summed E-state index contributed by atoms with van der Waals surface area (Å²) in [5.74, 6) is -0.570. The van der Waals surface area contributed by atoms with Gasteiger partial charge in [-0.3, -0.25) is 19.0 Å². The van der Waals surface area contributed by atoms with E-state index in [1.54, 1.807) is 12.1 Å². The number of aliphatic hydroxyl groups is 1. The van der Waals surface area contributed by atoms with Crippen LogP contribution in [0.2, 0.25) is 0 Å². The molecule has 1 aliphatic carbocycles. The molecule has 2 aromatic carbocycles. The third-order valence-electron chi connectivity index (χ3n) is 6.01. The quantitative estimate of drug-likeness (QED) is 0.630. The molecule has 33 heavy (non-hydrogen) atoms. The average molecular weight is 445 g/mol. The van der Waals surface area contributed by atoms with E-state index in [9.17, 15) is 19.5 Å². The minimum atomic E-state index is -0.497. The highest BCUT2D eigenvalue weighted by molar-refractivity contribution is 6.02. The van der Waals surface area contributed by atoms with Crippen LogP contribution >= 0.6 is 0 Å². The van der Waals surface area contributed by atoms with Crippen molar-refractivity contribution in [1.29, 1.82) is 0 Å². The number of rotatable bonds is 6. The topological polar surface area (TPSA) is 79.6 Å². The second kappa shape index (κ2) is 9.16. The number of aliphatic hydroxyl groups excluding tert-OH is 1. The molecule has 4 rings (SSSR count). The lowest BCUT2D eigenvalue weighted by Gasteiger charge is -2.32. The number of para-hydroxylation sites is 1. The van der Waals surface area contributed by atoms with E-state index < -0.39 is 11.5 Å². The van der Waals surface area contributed by atoms with Crippen LogP contribution in [0.5, 0.6) is 0 Å². The Bertz CT molecular complexity index is 1230. The highest BCUT2D eigenvalue weighted by atomic mass is 16.3. The van der Waals surface area contributed by atoms with Crippen LogP contribution in [0.3, 0.4) is 0 Å². The molecule has 0 spiro atoms. The molecule has 170 valence electrons. The van der Waals surface area contributed by atoms with E-state index in [2.05, 4.69) is 0 Å². The fourth-order valence-corrected chi connectivity index (χ4v) is 4.46. The zero-order valence-corrected chi connectivity index (χ0v) is 19.0. The number of nitrogens with zero attached hydrogens (tertiary/aromatic N) is 2. The Morgan fingerprint density at radius 3 is 2.27 bits per heavy atom. The van der Waals surface area contributed by atoms with Crippen LogP contribution in [-0.2, 0) is 13.0 Å². The molecular weight excluding hydrogens is 416 g/mol. The lowest BCUT2D eigenvalue weighted by molar-refractivity contribution is 0.0705. The number of carbonyl (C=O) groups is 2. The lowest BCUT2D eigenvalue weighted by atomic mass is 9.75. The number of pyridine rings is 1. The number of benzene rings is 2. The fourth-order valence-electron chi connectivity index (χ4n) is 4.46. The van der Waals surface area contributed by atoms with Crippen molar-refractivity contribution < 1.29 is 14.7 Å². The third-order valence-corrected chi connectivity index (χ3v) is 6.01. The molecule has 0 saturated carbocycles. The average Bonchev–Trinajstić information content (AvgIpc) is 2.79. The second-order valence-electron chi connectivity index (χ2n) is 9.27. The molecule has 0 unspecified atom stereocenters. The number of carbonyl (C=O) groups excluding carboxylic acids is 2. The van der Waals surface area contributed by atoms with Gasteiger partial charge in [-0.2, -0.15) is 0 Å². The smallest absolute Gasteiger partial charge is 0.268 e.